The van der Waals surface area contributed by atoms with Gasteiger partial charge in [0.05, 0.1) is 13.7 Å². The number of halogens is 3. The van der Waals surface area contributed by atoms with E-state index in [4.69, 9.17) is 9.47 Å². The van der Waals surface area contributed by atoms with Crippen molar-refractivity contribution in [2.75, 3.05) is 13.7 Å². The largest absolute Gasteiger partial charge is 0.480 e. The molecule has 0 aliphatic carbocycles. The predicted octanol–water partition coefficient (Wildman–Crippen LogP) is 2.97. The lowest BCUT2D eigenvalue weighted by atomic mass is 10.2. The monoisotopic (exact) mass is 309 g/mol. The summed E-state index contributed by atoms with van der Waals surface area (Å²) in [5.41, 5.74) is -0.472. The van der Waals surface area contributed by atoms with Crippen molar-refractivity contribution < 1.29 is 23.0 Å². The van der Waals surface area contributed by atoms with Crippen LogP contribution in [0.15, 0.2) is 10.5 Å². The molecule has 1 aromatic heterocycles. The Balaban J connectivity index is 3.23. The summed E-state index contributed by atoms with van der Waals surface area (Å²) in [5.74, 6) is -0.847. The number of hydrogen-bond donors (Lipinski definition) is 0. The molecule has 0 unspecified atom stereocenters. The smallest absolute Gasteiger partial charge is 0.343 e. The third-order valence-electron chi connectivity index (χ3n) is 1.86. The van der Waals surface area contributed by atoms with E-state index in [1.54, 1.807) is 6.92 Å². The zero-order valence-electron chi connectivity index (χ0n) is 9.17. The van der Waals surface area contributed by atoms with Crippen molar-refractivity contribution in [1.29, 1.82) is 0 Å². The minimum absolute atomic E-state index is 0.00521. The van der Waals surface area contributed by atoms with Gasteiger partial charge < -0.3 is 9.47 Å². The molecule has 17 heavy (non-hydrogen) atoms. The SMILES string of the molecule is CCOC(=O)c1cc(Br)c(C(F)F)nc1OC. The Bertz CT molecular complexity index is 426. The molecule has 1 heterocycles. The van der Waals surface area contributed by atoms with Crippen LogP contribution in [0.1, 0.15) is 29.4 Å². The minimum atomic E-state index is -2.76. The Morgan fingerprint density at radius 2 is 2.24 bits per heavy atom. The van der Waals surface area contributed by atoms with Crippen LogP contribution in [-0.4, -0.2) is 24.7 Å². The number of rotatable bonds is 4. The van der Waals surface area contributed by atoms with Gasteiger partial charge in [-0.1, -0.05) is 0 Å². The van der Waals surface area contributed by atoms with Gasteiger partial charge in [-0.2, -0.15) is 0 Å². The zero-order chi connectivity index (χ0) is 13.0. The highest BCUT2D eigenvalue weighted by atomic mass is 79.9. The molecule has 0 radical (unpaired) electrons. The van der Waals surface area contributed by atoms with Crippen LogP contribution in [0.25, 0.3) is 0 Å². The molecule has 0 saturated heterocycles. The van der Waals surface area contributed by atoms with Crippen molar-refractivity contribution in [3.05, 3.63) is 21.8 Å². The first-order valence-electron chi connectivity index (χ1n) is 4.71. The molecular formula is C10H10BrF2NO3. The Kier molecular flexibility index (Phi) is 4.80. The second kappa shape index (κ2) is 5.90. The standard InChI is InChI=1S/C10H10BrF2NO3/c1-3-17-10(15)5-4-6(11)7(8(12)13)14-9(5)16-2/h4,8H,3H2,1-2H3. The van der Waals surface area contributed by atoms with Crippen LogP contribution in [0, 0.1) is 0 Å². The van der Waals surface area contributed by atoms with Gasteiger partial charge in [-0.25, -0.2) is 18.6 Å². The van der Waals surface area contributed by atoms with Crippen LogP contribution in [0.5, 0.6) is 5.88 Å². The topological polar surface area (TPSA) is 48.4 Å². The first-order valence-corrected chi connectivity index (χ1v) is 5.50. The molecule has 0 spiro atoms. The van der Waals surface area contributed by atoms with Crippen molar-refractivity contribution in [2.45, 2.75) is 13.3 Å². The van der Waals surface area contributed by atoms with Gasteiger partial charge in [0, 0.05) is 4.47 Å². The number of nitrogens with zero attached hydrogens (tertiary/aromatic N) is 1. The van der Waals surface area contributed by atoms with Crippen LogP contribution >= 0.6 is 15.9 Å². The van der Waals surface area contributed by atoms with E-state index in [-0.39, 0.29) is 22.5 Å². The Morgan fingerprint density at radius 1 is 1.59 bits per heavy atom. The molecule has 4 nitrogen and oxygen atoms in total. The van der Waals surface area contributed by atoms with E-state index in [2.05, 4.69) is 20.9 Å². The number of methoxy groups -OCH3 is 1. The van der Waals surface area contributed by atoms with Gasteiger partial charge in [0.2, 0.25) is 5.88 Å². The maximum absolute atomic E-state index is 12.6. The van der Waals surface area contributed by atoms with E-state index < -0.39 is 18.1 Å². The van der Waals surface area contributed by atoms with Crippen molar-refractivity contribution in [3.8, 4) is 5.88 Å². The molecule has 7 heteroatoms. The molecule has 1 rings (SSSR count). The molecule has 0 fully saturated rings. The van der Waals surface area contributed by atoms with E-state index in [0.717, 1.165) is 0 Å². The molecule has 94 valence electrons. The number of aromatic nitrogens is 1. The molecule has 1 aromatic rings. The van der Waals surface area contributed by atoms with Crippen LogP contribution in [-0.2, 0) is 4.74 Å². The van der Waals surface area contributed by atoms with E-state index >= 15 is 0 Å². The molecule has 0 aliphatic heterocycles. The van der Waals surface area contributed by atoms with Crippen LogP contribution < -0.4 is 4.74 Å². The second-order valence-electron chi connectivity index (χ2n) is 2.93. The van der Waals surface area contributed by atoms with Gasteiger partial charge in [0.15, 0.2) is 0 Å². The number of alkyl halides is 2. The summed E-state index contributed by atoms with van der Waals surface area (Å²) >= 11 is 2.92. The third-order valence-corrected chi connectivity index (χ3v) is 2.50. The first-order chi connectivity index (χ1) is 8.01. The highest BCUT2D eigenvalue weighted by Crippen LogP contribution is 2.30. The maximum atomic E-state index is 12.6. The van der Waals surface area contributed by atoms with Gasteiger partial charge in [0.1, 0.15) is 11.3 Å². The Hall–Kier alpha value is -1.24. The summed E-state index contributed by atoms with van der Waals surface area (Å²) in [6.45, 7) is 1.82. The average Bonchev–Trinajstić information content (AvgIpc) is 2.28. The van der Waals surface area contributed by atoms with E-state index in [9.17, 15) is 13.6 Å². The molecule has 0 aromatic carbocycles. The van der Waals surface area contributed by atoms with Crippen molar-refractivity contribution >= 4 is 21.9 Å². The zero-order valence-corrected chi connectivity index (χ0v) is 10.8. The molecule has 0 atom stereocenters. The fourth-order valence-corrected chi connectivity index (χ4v) is 1.64. The summed E-state index contributed by atoms with van der Waals surface area (Å²) in [4.78, 5) is 15.1. The number of pyridine rings is 1. The highest BCUT2D eigenvalue weighted by molar-refractivity contribution is 9.10. The number of ether oxygens (including phenoxy) is 2. The van der Waals surface area contributed by atoms with E-state index in [0.29, 0.717) is 0 Å². The van der Waals surface area contributed by atoms with Gasteiger partial charge in [-0.05, 0) is 28.9 Å². The van der Waals surface area contributed by atoms with Crippen molar-refractivity contribution in [3.63, 3.8) is 0 Å². The van der Waals surface area contributed by atoms with Crippen LogP contribution in [0.3, 0.4) is 0 Å². The number of carbonyl (C=O) groups is 1. The number of esters is 1. The summed E-state index contributed by atoms with van der Waals surface area (Å²) in [7, 11) is 1.24. The van der Waals surface area contributed by atoms with E-state index in [1.165, 1.54) is 13.2 Å². The maximum Gasteiger partial charge on any atom is 0.343 e. The lowest BCUT2D eigenvalue weighted by Crippen LogP contribution is -2.09. The summed E-state index contributed by atoms with van der Waals surface area (Å²) in [5, 5.41) is 0. The van der Waals surface area contributed by atoms with E-state index in [1.807, 2.05) is 0 Å². The fourth-order valence-electron chi connectivity index (χ4n) is 1.15. The number of carbonyl (C=O) groups excluding carboxylic acids is 1. The fraction of sp³-hybridized carbons (Fsp3) is 0.400. The molecule has 0 bridgehead atoms. The lowest BCUT2D eigenvalue weighted by Gasteiger charge is -2.10. The summed E-state index contributed by atoms with van der Waals surface area (Å²) in [6, 6.07) is 1.21. The van der Waals surface area contributed by atoms with Gasteiger partial charge >= 0.3 is 5.97 Å². The number of hydrogen-bond acceptors (Lipinski definition) is 4. The normalized spacial score (nSPS) is 10.5. The third kappa shape index (κ3) is 3.12. The quantitative estimate of drug-likeness (QED) is 0.802. The minimum Gasteiger partial charge on any atom is -0.480 e. The van der Waals surface area contributed by atoms with Gasteiger partial charge in [-0.15, -0.1) is 0 Å². The molecule has 0 aliphatic rings. The van der Waals surface area contributed by atoms with Crippen molar-refractivity contribution in [1.82, 2.24) is 4.98 Å². The van der Waals surface area contributed by atoms with Crippen LogP contribution in [0.4, 0.5) is 8.78 Å². The van der Waals surface area contributed by atoms with Crippen LogP contribution in [0.2, 0.25) is 0 Å². The molecule has 0 amide bonds. The highest BCUT2D eigenvalue weighted by Gasteiger charge is 2.22. The summed E-state index contributed by atoms with van der Waals surface area (Å²) in [6.07, 6.45) is -2.76. The van der Waals surface area contributed by atoms with Crippen molar-refractivity contribution in [2.24, 2.45) is 0 Å². The predicted molar refractivity (Wildman–Crippen MR) is 59.4 cm³/mol. The average molecular weight is 310 g/mol. The lowest BCUT2D eigenvalue weighted by molar-refractivity contribution is 0.0520. The molecule has 0 N–H and O–H groups in total. The summed E-state index contributed by atoms with van der Waals surface area (Å²) < 4.78 is 34.7. The second-order valence-corrected chi connectivity index (χ2v) is 3.79. The van der Waals surface area contributed by atoms with Gasteiger partial charge in [-0.3, -0.25) is 0 Å². The van der Waals surface area contributed by atoms with Gasteiger partial charge in [0.25, 0.3) is 6.43 Å². The molecule has 0 saturated carbocycles. The Morgan fingerprint density at radius 3 is 2.71 bits per heavy atom. The Labute approximate surface area is 105 Å². The first kappa shape index (κ1) is 13.8. The molecular weight excluding hydrogens is 300 g/mol.